The van der Waals surface area contributed by atoms with E-state index in [2.05, 4.69) is 10.1 Å². The SMILES string of the molecule is O=C(O)CCC(=O)N[C@@H](CC(=O)O)Cc1ccc(-c2ccccc2OC(F)(F)F)cc1. The van der Waals surface area contributed by atoms with Crippen LogP contribution in [0.25, 0.3) is 11.1 Å². The molecule has 3 N–H and O–H groups in total. The van der Waals surface area contributed by atoms with E-state index in [1.54, 1.807) is 30.3 Å². The molecule has 31 heavy (non-hydrogen) atoms. The zero-order valence-corrected chi connectivity index (χ0v) is 16.2. The Balaban J connectivity index is 2.13. The van der Waals surface area contributed by atoms with Crippen molar-refractivity contribution in [2.24, 2.45) is 0 Å². The van der Waals surface area contributed by atoms with Crippen LogP contribution in [0.2, 0.25) is 0 Å². The number of benzene rings is 2. The molecule has 0 aliphatic carbocycles. The minimum absolute atomic E-state index is 0.145. The largest absolute Gasteiger partial charge is 0.573 e. The molecule has 0 saturated heterocycles. The van der Waals surface area contributed by atoms with E-state index in [-0.39, 0.29) is 37.0 Å². The van der Waals surface area contributed by atoms with Gasteiger partial charge < -0.3 is 20.3 Å². The zero-order valence-electron chi connectivity index (χ0n) is 16.2. The Labute approximate surface area is 175 Å². The van der Waals surface area contributed by atoms with Crippen molar-refractivity contribution in [2.75, 3.05) is 0 Å². The van der Waals surface area contributed by atoms with Crippen molar-refractivity contribution in [3.8, 4) is 16.9 Å². The van der Waals surface area contributed by atoms with Crippen molar-refractivity contribution in [3.05, 3.63) is 54.1 Å². The monoisotopic (exact) mass is 439 g/mol. The molecule has 1 atom stereocenters. The lowest BCUT2D eigenvalue weighted by atomic mass is 9.98. The highest BCUT2D eigenvalue weighted by molar-refractivity contribution is 5.81. The standard InChI is InChI=1S/C21H20F3NO6/c22-21(23,24)31-17-4-2-1-3-16(17)14-7-5-13(6-8-14)11-15(12-20(29)30)25-18(26)9-10-19(27)28/h1-8,15H,9-12H2,(H,25,26)(H,27,28)(H,29,30)/t15-/m1/s1. The molecule has 0 spiro atoms. The van der Waals surface area contributed by atoms with Crippen LogP contribution in [0.5, 0.6) is 5.75 Å². The number of amides is 1. The molecule has 0 aliphatic heterocycles. The number of halogens is 3. The van der Waals surface area contributed by atoms with Gasteiger partial charge in [-0.3, -0.25) is 14.4 Å². The van der Waals surface area contributed by atoms with Gasteiger partial charge in [0.1, 0.15) is 5.75 Å². The molecule has 0 radical (unpaired) electrons. The molecule has 0 saturated carbocycles. The summed E-state index contributed by atoms with van der Waals surface area (Å²) in [7, 11) is 0. The number of aliphatic carboxylic acids is 2. The van der Waals surface area contributed by atoms with Gasteiger partial charge in [-0.25, -0.2) is 0 Å². The molecule has 7 nitrogen and oxygen atoms in total. The summed E-state index contributed by atoms with van der Waals surface area (Å²) in [6.45, 7) is 0. The number of carbonyl (C=O) groups excluding carboxylic acids is 1. The number of carboxylic acids is 2. The molecule has 2 aromatic carbocycles. The van der Waals surface area contributed by atoms with Gasteiger partial charge >= 0.3 is 18.3 Å². The summed E-state index contributed by atoms with van der Waals surface area (Å²) in [5.41, 5.74) is 1.34. The van der Waals surface area contributed by atoms with E-state index in [4.69, 9.17) is 10.2 Å². The summed E-state index contributed by atoms with van der Waals surface area (Å²) in [5, 5.41) is 20.2. The molecule has 10 heteroatoms. The Morgan fingerprint density at radius 2 is 1.58 bits per heavy atom. The molecule has 0 heterocycles. The number of ether oxygens (including phenoxy) is 1. The fourth-order valence-corrected chi connectivity index (χ4v) is 2.93. The highest BCUT2D eigenvalue weighted by Crippen LogP contribution is 2.33. The van der Waals surface area contributed by atoms with Gasteiger partial charge in [-0.2, -0.15) is 0 Å². The highest BCUT2D eigenvalue weighted by atomic mass is 19.4. The van der Waals surface area contributed by atoms with E-state index in [1.807, 2.05) is 0 Å². The highest BCUT2D eigenvalue weighted by Gasteiger charge is 2.32. The van der Waals surface area contributed by atoms with Crippen LogP contribution in [-0.2, 0) is 20.8 Å². The molecule has 2 aromatic rings. The number of hydrogen-bond donors (Lipinski definition) is 3. The molecule has 0 aromatic heterocycles. The zero-order chi connectivity index (χ0) is 23.0. The average molecular weight is 439 g/mol. The first-order valence-electron chi connectivity index (χ1n) is 9.20. The van der Waals surface area contributed by atoms with Gasteiger partial charge in [0.2, 0.25) is 5.91 Å². The van der Waals surface area contributed by atoms with Crippen LogP contribution in [0, 0.1) is 0 Å². The van der Waals surface area contributed by atoms with Crippen molar-refractivity contribution >= 4 is 17.8 Å². The smallest absolute Gasteiger partial charge is 0.481 e. The van der Waals surface area contributed by atoms with Crippen molar-refractivity contribution in [2.45, 2.75) is 38.1 Å². The first-order valence-corrected chi connectivity index (χ1v) is 9.20. The molecule has 1 amide bonds. The third kappa shape index (κ3) is 8.37. The van der Waals surface area contributed by atoms with Gasteiger partial charge in [0, 0.05) is 18.0 Å². The second-order valence-corrected chi connectivity index (χ2v) is 6.70. The second kappa shape index (κ2) is 10.5. The van der Waals surface area contributed by atoms with Gasteiger partial charge in [0.25, 0.3) is 0 Å². The predicted molar refractivity (Wildman–Crippen MR) is 103 cm³/mol. The maximum atomic E-state index is 12.6. The number of rotatable bonds is 10. The lowest BCUT2D eigenvalue weighted by Gasteiger charge is -2.17. The molecular weight excluding hydrogens is 419 g/mol. The van der Waals surface area contributed by atoms with Crippen molar-refractivity contribution in [1.82, 2.24) is 5.32 Å². The molecule has 166 valence electrons. The van der Waals surface area contributed by atoms with Crippen LogP contribution in [0.4, 0.5) is 13.2 Å². The number of carboxylic acid groups (broad SMARTS) is 2. The van der Waals surface area contributed by atoms with Crippen molar-refractivity contribution < 1.29 is 42.5 Å². The van der Waals surface area contributed by atoms with Gasteiger partial charge in [-0.1, -0.05) is 42.5 Å². The van der Waals surface area contributed by atoms with E-state index in [0.29, 0.717) is 11.1 Å². The van der Waals surface area contributed by atoms with Gasteiger partial charge in [0.05, 0.1) is 12.8 Å². The van der Waals surface area contributed by atoms with E-state index in [0.717, 1.165) is 0 Å². The number of carbonyl (C=O) groups is 3. The Bertz CT molecular complexity index is 927. The topological polar surface area (TPSA) is 113 Å². The number of alkyl halides is 3. The van der Waals surface area contributed by atoms with Crippen LogP contribution >= 0.6 is 0 Å². The summed E-state index contributed by atoms with van der Waals surface area (Å²) in [4.78, 5) is 33.5. The van der Waals surface area contributed by atoms with Crippen LogP contribution in [0.1, 0.15) is 24.8 Å². The minimum Gasteiger partial charge on any atom is -0.481 e. The first kappa shape index (κ1) is 23.7. The van der Waals surface area contributed by atoms with Crippen LogP contribution in [0.15, 0.2) is 48.5 Å². The minimum atomic E-state index is -4.83. The fraction of sp³-hybridized carbons (Fsp3) is 0.286. The fourth-order valence-electron chi connectivity index (χ4n) is 2.93. The van der Waals surface area contributed by atoms with E-state index >= 15 is 0 Å². The van der Waals surface area contributed by atoms with Crippen LogP contribution in [-0.4, -0.2) is 40.5 Å². The van der Waals surface area contributed by atoms with E-state index < -0.39 is 30.2 Å². The second-order valence-electron chi connectivity index (χ2n) is 6.70. The molecule has 0 fully saturated rings. The van der Waals surface area contributed by atoms with Crippen molar-refractivity contribution in [3.63, 3.8) is 0 Å². The Hall–Kier alpha value is -3.56. The van der Waals surface area contributed by atoms with Gasteiger partial charge in [-0.05, 0) is 23.6 Å². The average Bonchev–Trinajstić information content (AvgIpc) is 2.66. The Kier molecular flexibility index (Phi) is 8.00. The lowest BCUT2D eigenvalue weighted by Crippen LogP contribution is -2.38. The summed E-state index contributed by atoms with van der Waals surface area (Å²) in [6, 6.07) is 11.2. The van der Waals surface area contributed by atoms with Crippen LogP contribution < -0.4 is 10.1 Å². The first-order chi connectivity index (χ1) is 14.5. The molecule has 0 unspecified atom stereocenters. The van der Waals surface area contributed by atoms with Crippen LogP contribution in [0.3, 0.4) is 0 Å². The third-order valence-electron chi connectivity index (χ3n) is 4.21. The maximum Gasteiger partial charge on any atom is 0.573 e. The summed E-state index contributed by atoms with van der Waals surface area (Å²) in [5.74, 6) is -3.21. The molecule has 0 aliphatic rings. The van der Waals surface area contributed by atoms with Gasteiger partial charge in [-0.15, -0.1) is 13.2 Å². The lowest BCUT2D eigenvalue weighted by molar-refractivity contribution is -0.274. The number of nitrogens with one attached hydrogen (secondary N) is 1. The molecule has 2 rings (SSSR count). The number of hydrogen-bond acceptors (Lipinski definition) is 4. The summed E-state index contributed by atoms with van der Waals surface area (Å²) >= 11 is 0. The third-order valence-corrected chi connectivity index (χ3v) is 4.21. The Morgan fingerprint density at radius 3 is 2.16 bits per heavy atom. The molecular formula is C21H20F3NO6. The van der Waals surface area contributed by atoms with E-state index in [9.17, 15) is 27.6 Å². The molecule has 0 bridgehead atoms. The normalized spacial score (nSPS) is 12.1. The summed E-state index contributed by atoms with van der Waals surface area (Å²) < 4.78 is 41.9. The maximum absolute atomic E-state index is 12.6. The van der Waals surface area contributed by atoms with Gasteiger partial charge in [0.15, 0.2) is 0 Å². The van der Waals surface area contributed by atoms with Crippen molar-refractivity contribution in [1.29, 1.82) is 0 Å². The van der Waals surface area contributed by atoms with E-state index in [1.165, 1.54) is 18.2 Å². The quantitative estimate of drug-likeness (QED) is 0.521. The summed E-state index contributed by atoms with van der Waals surface area (Å²) in [6.07, 6.45) is -5.71. The predicted octanol–water partition coefficient (Wildman–Crippen LogP) is 3.62. The number of para-hydroxylation sites is 1. The Morgan fingerprint density at radius 1 is 0.935 bits per heavy atom.